The molecule has 0 unspecified atom stereocenters. The smallest absolute Gasteiger partial charge is 0.257 e. The van der Waals surface area contributed by atoms with Crippen LogP contribution in [-0.2, 0) is 6.42 Å². The number of nitrogens with zero attached hydrogens (tertiary/aromatic N) is 1. The summed E-state index contributed by atoms with van der Waals surface area (Å²) in [6.45, 7) is 2.38. The number of aromatic nitrogens is 1. The zero-order valence-corrected chi connectivity index (χ0v) is 16.2. The molecule has 3 rings (SSSR count). The molecule has 0 spiro atoms. The summed E-state index contributed by atoms with van der Waals surface area (Å²) >= 11 is 5.99. The van der Waals surface area contributed by atoms with Gasteiger partial charge in [-0.2, -0.15) is 0 Å². The summed E-state index contributed by atoms with van der Waals surface area (Å²) < 4.78 is 0. The Hall–Kier alpha value is -3.18. The Morgan fingerprint density at radius 2 is 1.68 bits per heavy atom. The highest BCUT2D eigenvalue weighted by Crippen LogP contribution is 2.21. The van der Waals surface area contributed by atoms with Gasteiger partial charge in [0.05, 0.1) is 11.1 Å². The number of pyridine rings is 1. The molecule has 28 heavy (non-hydrogen) atoms. The van der Waals surface area contributed by atoms with Gasteiger partial charge in [-0.3, -0.25) is 14.6 Å². The molecule has 0 fully saturated rings. The molecule has 0 aliphatic rings. The number of anilines is 1. The normalized spacial score (nSPS) is 10.4. The lowest BCUT2D eigenvalue weighted by atomic mass is 10.1. The second-order valence-corrected chi connectivity index (χ2v) is 6.80. The van der Waals surface area contributed by atoms with Gasteiger partial charge in [-0.15, -0.1) is 0 Å². The minimum Gasteiger partial charge on any atom is -0.352 e. The van der Waals surface area contributed by atoms with Crippen molar-refractivity contribution in [1.29, 1.82) is 0 Å². The molecule has 1 aromatic heterocycles. The average Bonchev–Trinajstić information content (AvgIpc) is 2.71. The van der Waals surface area contributed by atoms with E-state index in [-0.39, 0.29) is 11.8 Å². The molecule has 0 atom stereocenters. The third-order valence-corrected chi connectivity index (χ3v) is 4.49. The lowest BCUT2D eigenvalue weighted by molar-refractivity contribution is 0.0953. The van der Waals surface area contributed by atoms with E-state index in [4.69, 9.17) is 11.6 Å². The molecule has 2 aromatic carbocycles. The molecule has 0 saturated heterocycles. The van der Waals surface area contributed by atoms with Crippen LogP contribution in [0.15, 0.2) is 67.0 Å². The summed E-state index contributed by atoms with van der Waals surface area (Å²) in [5.74, 6) is -0.617. The van der Waals surface area contributed by atoms with Crippen LogP contribution in [0.5, 0.6) is 0 Å². The standard InChI is InChI=1S/C22H20ClN3O2/c1-15-7-8-19(23)12-20(15)26-22(28)18-11-17(13-24-14-18)21(27)25-10-9-16-5-3-2-4-6-16/h2-8,11-14H,9-10H2,1H3,(H,25,27)(H,26,28). The van der Waals surface area contributed by atoms with Crippen molar-refractivity contribution in [3.05, 3.63) is 94.3 Å². The maximum absolute atomic E-state index is 12.5. The minimum absolute atomic E-state index is 0.267. The van der Waals surface area contributed by atoms with Crippen molar-refractivity contribution in [3.63, 3.8) is 0 Å². The highest BCUT2D eigenvalue weighted by Gasteiger charge is 2.12. The van der Waals surface area contributed by atoms with Crippen molar-refractivity contribution in [2.75, 3.05) is 11.9 Å². The molecule has 1 heterocycles. The molecule has 0 aliphatic heterocycles. The van der Waals surface area contributed by atoms with Gasteiger partial charge >= 0.3 is 0 Å². The van der Waals surface area contributed by atoms with Gasteiger partial charge in [0, 0.05) is 29.6 Å². The maximum atomic E-state index is 12.5. The molecule has 0 radical (unpaired) electrons. The van der Waals surface area contributed by atoms with Gasteiger partial charge < -0.3 is 10.6 Å². The molecule has 2 amide bonds. The third kappa shape index (κ3) is 5.18. The summed E-state index contributed by atoms with van der Waals surface area (Å²) in [6, 6.07) is 16.7. The van der Waals surface area contributed by atoms with Crippen molar-refractivity contribution in [1.82, 2.24) is 10.3 Å². The molecule has 3 aromatic rings. The van der Waals surface area contributed by atoms with Crippen LogP contribution < -0.4 is 10.6 Å². The number of hydrogen-bond acceptors (Lipinski definition) is 3. The van der Waals surface area contributed by atoms with E-state index in [1.807, 2.05) is 43.3 Å². The number of rotatable bonds is 6. The Kier molecular flexibility index (Phi) is 6.40. The number of carbonyl (C=O) groups is 2. The zero-order chi connectivity index (χ0) is 19.9. The summed E-state index contributed by atoms with van der Waals surface area (Å²) in [5.41, 5.74) is 3.29. The van der Waals surface area contributed by atoms with Crippen LogP contribution in [0.3, 0.4) is 0 Å². The zero-order valence-electron chi connectivity index (χ0n) is 15.4. The highest BCUT2D eigenvalue weighted by molar-refractivity contribution is 6.31. The lowest BCUT2D eigenvalue weighted by Crippen LogP contribution is -2.26. The number of hydrogen-bond donors (Lipinski definition) is 2. The average molecular weight is 394 g/mol. The topological polar surface area (TPSA) is 71.1 Å². The summed E-state index contributed by atoms with van der Waals surface area (Å²) in [7, 11) is 0. The minimum atomic E-state index is -0.350. The first-order chi connectivity index (χ1) is 13.5. The molecule has 142 valence electrons. The van der Waals surface area contributed by atoms with E-state index in [1.165, 1.54) is 18.5 Å². The first-order valence-corrected chi connectivity index (χ1v) is 9.25. The van der Waals surface area contributed by atoms with E-state index in [0.29, 0.717) is 28.4 Å². The molecule has 0 bridgehead atoms. The van der Waals surface area contributed by atoms with Gasteiger partial charge in [0.15, 0.2) is 0 Å². The number of aryl methyl sites for hydroxylation is 1. The van der Waals surface area contributed by atoms with Gasteiger partial charge in [-0.1, -0.05) is 48.0 Å². The van der Waals surface area contributed by atoms with Crippen LogP contribution in [-0.4, -0.2) is 23.3 Å². The Morgan fingerprint density at radius 1 is 0.964 bits per heavy atom. The Labute approximate surface area is 168 Å². The summed E-state index contributed by atoms with van der Waals surface area (Å²) in [4.78, 5) is 28.9. The predicted octanol–water partition coefficient (Wildman–Crippen LogP) is 4.27. The number of carbonyl (C=O) groups excluding carboxylic acids is 2. The number of nitrogens with one attached hydrogen (secondary N) is 2. The van der Waals surface area contributed by atoms with Crippen LogP contribution >= 0.6 is 11.6 Å². The van der Waals surface area contributed by atoms with Crippen molar-refractivity contribution in [3.8, 4) is 0 Å². The van der Waals surface area contributed by atoms with Crippen LogP contribution in [0.1, 0.15) is 31.8 Å². The van der Waals surface area contributed by atoms with Crippen LogP contribution in [0.4, 0.5) is 5.69 Å². The van der Waals surface area contributed by atoms with E-state index >= 15 is 0 Å². The van der Waals surface area contributed by atoms with Gasteiger partial charge in [0.1, 0.15) is 0 Å². The van der Waals surface area contributed by atoms with Crippen molar-refractivity contribution >= 4 is 29.1 Å². The largest absolute Gasteiger partial charge is 0.352 e. The highest BCUT2D eigenvalue weighted by atomic mass is 35.5. The third-order valence-electron chi connectivity index (χ3n) is 4.25. The SMILES string of the molecule is Cc1ccc(Cl)cc1NC(=O)c1cncc(C(=O)NCCc2ccccc2)c1. The van der Waals surface area contributed by atoms with Crippen molar-refractivity contribution < 1.29 is 9.59 Å². The van der Waals surface area contributed by atoms with E-state index in [2.05, 4.69) is 15.6 Å². The Balaban J connectivity index is 1.63. The number of benzene rings is 2. The fourth-order valence-electron chi connectivity index (χ4n) is 2.68. The molecule has 6 heteroatoms. The number of halogens is 1. The molecule has 2 N–H and O–H groups in total. The van der Waals surface area contributed by atoms with Crippen LogP contribution in [0.25, 0.3) is 0 Å². The Bertz CT molecular complexity index is 990. The number of amides is 2. The second-order valence-electron chi connectivity index (χ2n) is 6.37. The lowest BCUT2D eigenvalue weighted by Gasteiger charge is -2.10. The molecular formula is C22H20ClN3O2. The van der Waals surface area contributed by atoms with Crippen LogP contribution in [0, 0.1) is 6.92 Å². The molecule has 0 saturated carbocycles. The van der Waals surface area contributed by atoms with E-state index in [0.717, 1.165) is 17.5 Å². The maximum Gasteiger partial charge on any atom is 0.257 e. The van der Waals surface area contributed by atoms with Crippen molar-refractivity contribution in [2.24, 2.45) is 0 Å². The van der Waals surface area contributed by atoms with Gasteiger partial charge in [-0.05, 0) is 42.7 Å². The van der Waals surface area contributed by atoms with Gasteiger partial charge in [0.25, 0.3) is 11.8 Å². The summed E-state index contributed by atoms with van der Waals surface area (Å²) in [5, 5.41) is 6.19. The van der Waals surface area contributed by atoms with Gasteiger partial charge in [-0.25, -0.2) is 0 Å². The molecular weight excluding hydrogens is 374 g/mol. The monoisotopic (exact) mass is 393 g/mol. The quantitative estimate of drug-likeness (QED) is 0.657. The predicted molar refractivity (Wildman–Crippen MR) is 111 cm³/mol. The van der Waals surface area contributed by atoms with Crippen LogP contribution in [0.2, 0.25) is 5.02 Å². The first-order valence-electron chi connectivity index (χ1n) is 8.87. The molecule has 0 aliphatic carbocycles. The Morgan fingerprint density at radius 3 is 2.43 bits per heavy atom. The fourth-order valence-corrected chi connectivity index (χ4v) is 2.85. The van der Waals surface area contributed by atoms with Crippen molar-refractivity contribution in [2.45, 2.75) is 13.3 Å². The van der Waals surface area contributed by atoms with E-state index in [1.54, 1.807) is 12.1 Å². The molecule has 5 nitrogen and oxygen atoms in total. The van der Waals surface area contributed by atoms with Gasteiger partial charge in [0.2, 0.25) is 0 Å². The van der Waals surface area contributed by atoms with E-state index < -0.39 is 0 Å². The van der Waals surface area contributed by atoms with E-state index in [9.17, 15) is 9.59 Å². The first kappa shape index (κ1) is 19.6. The second kappa shape index (κ2) is 9.15. The fraction of sp³-hybridized carbons (Fsp3) is 0.136. The summed E-state index contributed by atoms with van der Waals surface area (Å²) in [6.07, 6.45) is 3.60.